The zero-order valence-corrected chi connectivity index (χ0v) is 11.6. The van der Waals surface area contributed by atoms with Crippen LogP contribution >= 0.6 is 11.6 Å². The average molecular weight is 303 g/mol. The van der Waals surface area contributed by atoms with Gasteiger partial charge in [-0.3, -0.25) is 9.59 Å². The molecule has 21 heavy (non-hydrogen) atoms. The number of benzene rings is 1. The number of anilines is 2. The summed E-state index contributed by atoms with van der Waals surface area (Å²) in [7, 11) is 0. The molecule has 3 N–H and O–H groups in total. The number of carbonyl (C=O) groups is 1. The third kappa shape index (κ3) is 3.61. The molecule has 0 radical (unpaired) electrons. The molecule has 0 aliphatic heterocycles. The zero-order valence-electron chi connectivity index (χ0n) is 10.8. The van der Waals surface area contributed by atoms with Crippen molar-refractivity contribution in [1.82, 2.24) is 4.57 Å². The average Bonchev–Trinajstić information content (AvgIpc) is 2.43. The molecule has 0 spiro atoms. The van der Waals surface area contributed by atoms with Crippen LogP contribution < -0.4 is 16.6 Å². The number of nitriles is 1. The lowest BCUT2D eigenvalue weighted by Crippen LogP contribution is -2.27. The Balaban J connectivity index is 2.19. The highest BCUT2D eigenvalue weighted by atomic mass is 35.5. The van der Waals surface area contributed by atoms with Crippen molar-refractivity contribution in [2.45, 2.75) is 6.54 Å². The third-order valence-corrected chi connectivity index (χ3v) is 2.93. The summed E-state index contributed by atoms with van der Waals surface area (Å²) in [5.41, 5.74) is 6.19. The number of carbonyl (C=O) groups excluding carboxylic acids is 1. The first-order valence-corrected chi connectivity index (χ1v) is 6.33. The summed E-state index contributed by atoms with van der Waals surface area (Å²) in [6.45, 7) is -0.207. The van der Waals surface area contributed by atoms with Crippen molar-refractivity contribution in [2.75, 3.05) is 11.1 Å². The number of pyridine rings is 1. The fraction of sp³-hybridized carbons (Fsp3) is 0.0714. The van der Waals surface area contributed by atoms with Crippen LogP contribution in [0.15, 0.2) is 41.3 Å². The van der Waals surface area contributed by atoms with Crippen molar-refractivity contribution >= 4 is 28.9 Å². The molecule has 1 aromatic carbocycles. The fourth-order valence-corrected chi connectivity index (χ4v) is 1.91. The standard InChI is InChI=1S/C14H11ClN4O2/c15-10-2-1-9(6-16)12(5-10)18-13(20)8-19-7-11(17)3-4-14(19)21/h1-5,7H,8,17H2,(H,18,20). The van der Waals surface area contributed by atoms with Gasteiger partial charge in [-0.05, 0) is 24.3 Å². The Bertz CT molecular complexity index is 792. The number of nitrogens with zero attached hydrogens (tertiary/aromatic N) is 2. The molecule has 1 aromatic heterocycles. The number of aromatic nitrogens is 1. The molecule has 0 aliphatic carbocycles. The van der Waals surface area contributed by atoms with Gasteiger partial charge in [0.15, 0.2) is 0 Å². The van der Waals surface area contributed by atoms with Gasteiger partial charge in [-0.25, -0.2) is 0 Å². The van der Waals surface area contributed by atoms with Crippen LogP contribution in [0.4, 0.5) is 11.4 Å². The molecular formula is C14H11ClN4O2. The van der Waals surface area contributed by atoms with E-state index in [0.29, 0.717) is 16.4 Å². The lowest BCUT2D eigenvalue weighted by molar-refractivity contribution is -0.116. The smallest absolute Gasteiger partial charge is 0.251 e. The van der Waals surface area contributed by atoms with Crippen LogP contribution in [0, 0.1) is 11.3 Å². The molecule has 0 aliphatic rings. The molecule has 2 rings (SSSR count). The minimum atomic E-state index is -0.457. The number of halogens is 1. The van der Waals surface area contributed by atoms with E-state index >= 15 is 0 Å². The summed E-state index contributed by atoms with van der Waals surface area (Å²) in [5.74, 6) is -0.457. The van der Waals surface area contributed by atoms with Crippen LogP contribution in [0.1, 0.15) is 5.56 Å². The van der Waals surface area contributed by atoms with Crippen molar-refractivity contribution in [3.63, 3.8) is 0 Å². The Morgan fingerprint density at radius 1 is 1.38 bits per heavy atom. The highest BCUT2D eigenvalue weighted by Crippen LogP contribution is 2.20. The second-order valence-electron chi connectivity index (χ2n) is 4.28. The summed E-state index contributed by atoms with van der Waals surface area (Å²) in [4.78, 5) is 23.6. The highest BCUT2D eigenvalue weighted by molar-refractivity contribution is 6.31. The van der Waals surface area contributed by atoms with E-state index in [1.165, 1.54) is 35.0 Å². The first-order valence-electron chi connectivity index (χ1n) is 5.95. The highest BCUT2D eigenvalue weighted by Gasteiger charge is 2.09. The van der Waals surface area contributed by atoms with Gasteiger partial charge in [0.2, 0.25) is 5.91 Å². The van der Waals surface area contributed by atoms with Crippen molar-refractivity contribution in [3.8, 4) is 6.07 Å². The van der Waals surface area contributed by atoms with E-state index in [1.54, 1.807) is 6.07 Å². The third-order valence-electron chi connectivity index (χ3n) is 2.70. The monoisotopic (exact) mass is 302 g/mol. The molecular weight excluding hydrogens is 292 g/mol. The molecule has 0 unspecified atom stereocenters. The molecule has 1 heterocycles. The minimum absolute atomic E-state index is 0.207. The van der Waals surface area contributed by atoms with Gasteiger partial charge in [-0.2, -0.15) is 5.26 Å². The van der Waals surface area contributed by atoms with Gasteiger partial charge in [-0.1, -0.05) is 11.6 Å². The van der Waals surface area contributed by atoms with E-state index in [4.69, 9.17) is 22.6 Å². The van der Waals surface area contributed by atoms with Crippen LogP contribution in [0.3, 0.4) is 0 Å². The van der Waals surface area contributed by atoms with Crippen LogP contribution in [-0.4, -0.2) is 10.5 Å². The lowest BCUT2D eigenvalue weighted by atomic mass is 10.2. The van der Waals surface area contributed by atoms with Gasteiger partial charge in [0.1, 0.15) is 12.6 Å². The molecule has 0 atom stereocenters. The Morgan fingerprint density at radius 2 is 2.14 bits per heavy atom. The van der Waals surface area contributed by atoms with Crippen LogP contribution in [-0.2, 0) is 11.3 Å². The van der Waals surface area contributed by atoms with Gasteiger partial charge in [0.05, 0.1) is 11.3 Å². The molecule has 6 nitrogen and oxygen atoms in total. The van der Waals surface area contributed by atoms with E-state index in [2.05, 4.69) is 5.32 Å². The summed E-state index contributed by atoms with van der Waals surface area (Å²) in [6, 6.07) is 9.22. The zero-order chi connectivity index (χ0) is 15.4. The predicted molar refractivity (Wildman–Crippen MR) is 79.9 cm³/mol. The van der Waals surface area contributed by atoms with Gasteiger partial charge in [0, 0.05) is 23.0 Å². The van der Waals surface area contributed by atoms with Crippen LogP contribution in [0.25, 0.3) is 0 Å². The number of hydrogen-bond acceptors (Lipinski definition) is 4. The first kappa shape index (κ1) is 14.6. The maximum Gasteiger partial charge on any atom is 0.251 e. The summed E-state index contributed by atoms with van der Waals surface area (Å²) in [6.07, 6.45) is 1.38. The molecule has 0 saturated carbocycles. The second-order valence-corrected chi connectivity index (χ2v) is 4.71. The van der Waals surface area contributed by atoms with Gasteiger partial charge < -0.3 is 15.6 Å². The number of hydrogen-bond donors (Lipinski definition) is 2. The minimum Gasteiger partial charge on any atom is -0.398 e. The second kappa shape index (κ2) is 6.11. The maximum absolute atomic E-state index is 12.0. The summed E-state index contributed by atoms with van der Waals surface area (Å²) >= 11 is 5.83. The number of nitrogen functional groups attached to an aromatic ring is 1. The van der Waals surface area contributed by atoms with E-state index in [-0.39, 0.29) is 17.7 Å². The van der Waals surface area contributed by atoms with Gasteiger partial charge in [0.25, 0.3) is 5.56 Å². The molecule has 1 amide bonds. The van der Waals surface area contributed by atoms with E-state index in [0.717, 1.165) is 0 Å². The molecule has 0 saturated heterocycles. The van der Waals surface area contributed by atoms with Gasteiger partial charge in [-0.15, -0.1) is 0 Å². The Morgan fingerprint density at radius 3 is 2.86 bits per heavy atom. The SMILES string of the molecule is N#Cc1ccc(Cl)cc1NC(=O)Cn1cc(N)ccc1=O. The predicted octanol–water partition coefficient (Wildman–Crippen LogP) is 1.59. The lowest BCUT2D eigenvalue weighted by Gasteiger charge is -2.09. The molecule has 0 bridgehead atoms. The fourth-order valence-electron chi connectivity index (χ4n) is 1.74. The molecule has 106 valence electrons. The topological polar surface area (TPSA) is 101 Å². The van der Waals surface area contributed by atoms with Crippen molar-refractivity contribution in [1.29, 1.82) is 5.26 Å². The summed E-state index contributed by atoms with van der Waals surface area (Å²) < 4.78 is 1.18. The molecule has 0 fully saturated rings. The first-order chi connectivity index (χ1) is 9.99. The quantitative estimate of drug-likeness (QED) is 0.899. The van der Waals surface area contributed by atoms with E-state index in [9.17, 15) is 9.59 Å². The largest absolute Gasteiger partial charge is 0.398 e. The van der Waals surface area contributed by atoms with Crippen molar-refractivity contribution in [2.24, 2.45) is 0 Å². The van der Waals surface area contributed by atoms with Crippen LogP contribution in [0.5, 0.6) is 0 Å². The Kier molecular flexibility index (Phi) is 4.26. The summed E-state index contributed by atoms with van der Waals surface area (Å²) in [5, 5.41) is 11.9. The maximum atomic E-state index is 12.0. The molecule has 2 aromatic rings. The van der Waals surface area contributed by atoms with Crippen molar-refractivity contribution in [3.05, 3.63) is 57.5 Å². The van der Waals surface area contributed by atoms with E-state index in [1.807, 2.05) is 6.07 Å². The number of amides is 1. The number of rotatable bonds is 3. The Hall–Kier alpha value is -2.78. The molecule has 7 heteroatoms. The van der Waals surface area contributed by atoms with E-state index < -0.39 is 5.91 Å². The number of nitrogens with one attached hydrogen (secondary N) is 1. The normalized spacial score (nSPS) is 9.90. The number of nitrogens with two attached hydrogens (primary N) is 1. The Labute approximate surface area is 125 Å². The van der Waals surface area contributed by atoms with Gasteiger partial charge >= 0.3 is 0 Å². The van der Waals surface area contributed by atoms with Crippen molar-refractivity contribution < 1.29 is 4.79 Å². The van der Waals surface area contributed by atoms with Crippen LogP contribution in [0.2, 0.25) is 5.02 Å².